The maximum Gasteiger partial charge on any atom is 0.0843 e. The van der Waals surface area contributed by atoms with Gasteiger partial charge in [-0.1, -0.05) is 28.9 Å². The van der Waals surface area contributed by atoms with Crippen molar-refractivity contribution < 1.29 is 10.3 Å². The number of rotatable bonds is 3. The van der Waals surface area contributed by atoms with E-state index in [4.69, 9.17) is 16.8 Å². The standard InChI is InChI=1S/C10H12ClNO2/c1-7(12-14)6-10(13)8-2-4-9(11)5-3-8/h2-5,10,13-14H,6H2,1H3/b12-7+. The van der Waals surface area contributed by atoms with Gasteiger partial charge in [0.05, 0.1) is 11.8 Å². The lowest BCUT2D eigenvalue weighted by molar-refractivity contribution is 0.184. The molecule has 4 heteroatoms. The van der Waals surface area contributed by atoms with Gasteiger partial charge < -0.3 is 10.3 Å². The second kappa shape index (κ2) is 4.98. The Labute approximate surface area is 87.6 Å². The van der Waals surface area contributed by atoms with Crippen LogP contribution in [-0.2, 0) is 0 Å². The van der Waals surface area contributed by atoms with Gasteiger partial charge in [0, 0.05) is 11.4 Å². The van der Waals surface area contributed by atoms with E-state index in [1.54, 1.807) is 31.2 Å². The predicted octanol–water partition coefficient (Wildman–Crippen LogP) is 2.61. The van der Waals surface area contributed by atoms with Crippen molar-refractivity contribution in [2.24, 2.45) is 5.16 Å². The highest BCUT2D eigenvalue weighted by molar-refractivity contribution is 6.30. The number of nitrogens with zero attached hydrogens (tertiary/aromatic N) is 1. The van der Waals surface area contributed by atoms with Gasteiger partial charge in [-0.25, -0.2) is 0 Å². The minimum absolute atomic E-state index is 0.318. The van der Waals surface area contributed by atoms with E-state index in [2.05, 4.69) is 5.16 Å². The molecule has 1 atom stereocenters. The molecular formula is C10H12ClNO2. The van der Waals surface area contributed by atoms with E-state index >= 15 is 0 Å². The van der Waals surface area contributed by atoms with Crippen molar-refractivity contribution in [2.75, 3.05) is 0 Å². The summed E-state index contributed by atoms with van der Waals surface area (Å²) in [6.07, 6.45) is -0.332. The van der Waals surface area contributed by atoms with Gasteiger partial charge in [0.15, 0.2) is 0 Å². The summed E-state index contributed by atoms with van der Waals surface area (Å²) in [6.45, 7) is 1.65. The van der Waals surface area contributed by atoms with Crippen LogP contribution < -0.4 is 0 Å². The van der Waals surface area contributed by atoms with Crippen molar-refractivity contribution in [1.82, 2.24) is 0 Å². The lowest BCUT2D eigenvalue weighted by atomic mass is 10.0. The third-order valence-electron chi connectivity index (χ3n) is 1.91. The number of hydrogen-bond donors (Lipinski definition) is 2. The summed E-state index contributed by atoms with van der Waals surface area (Å²) in [5.74, 6) is 0. The molecule has 0 heterocycles. The molecule has 1 unspecified atom stereocenters. The Morgan fingerprint density at radius 3 is 2.50 bits per heavy atom. The predicted molar refractivity (Wildman–Crippen MR) is 55.9 cm³/mol. The van der Waals surface area contributed by atoms with Crippen LogP contribution in [0.25, 0.3) is 0 Å². The molecule has 0 saturated carbocycles. The minimum atomic E-state index is -0.650. The van der Waals surface area contributed by atoms with Crippen molar-refractivity contribution in [2.45, 2.75) is 19.4 Å². The number of halogens is 1. The van der Waals surface area contributed by atoms with Gasteiger partial charge in [0.1, 0.15) is 0 Å². The van der Waals surface area contributed by atoms with Gasteiger partial charge in [0.2, 0.25) is 0 Å². The number of hydrogen-bond acceptors (Lipinski definition) is 3. The third kappa shape index (κ3) is 3.01. The number of benzene rings is 1. The SMILES string of the molecule is C/C(CC(O)c1ccc(Cl)cc1)=N\O. The molecule has 3 nitrogen and oxygen atoms in total. The second-order valence-electron chi connectivity index (χ2n) is 3.11. The van der Waals surface area contributed by atoms with E-state index in [9.17, 15) is 5.11 Å². The van der Waals surface area contributed by atoms with Gasteiger partial charge in [-0.15, -0.1) is 0 Å². The van der Waals surface area contributed by atoms with E-state index in [1.165, 1.54) is 0 Å². The van der Waals surface area contributed by atoms with Crippen LogP contribution in [0.1, 0.15) is 25.0 Å². The molecule has 0 aliphatic rings. The van der Waals surface area contributed by atoms with E-state index in [0.29, 0.717) is 17.2 Å². The first-order valence-electron chi connectivity index (χ1n) is 4.24. The first-order valence-corrected chi connectivity index (χ1v) is 4.62. The highest BCUT2D eigenvalue weighted by atomic mass is 35.5. The fourth-order valence-electron chi connectivity index (χ4n) is 1.12. The molecule has 1 rings (SSSR count). The van der Waals surface area contributed by atoms with E-state index < -0.39 is 6.10 Å². The molecule has 0 spiro atoms. The van der Waals surface area contributed by atoms with Crippen molar-refractivity contribution >= 4 is 17.3 Å². The average Bonchev–Trinajstić information content (AvgIpc) is 2.18. The fraction of sp³-hybridized carbons (Fsp3) is 0.300. The van der Waals surface area contributed by atoms with Crippen molar-refractivity contribution in [3.8, 4) is 0 Å². The first kappa shape index (κ1) is 11.0. The maximum atomic E-state index is 9.68. The van der Waals surface area contributed by atoms with Gasteiger partial charge in [-0.05, 0) is 24.6 Å². The largest absolute Gasteiger partial charge is 0.411 e. The van der Waals surface area contributed by atoms with E-state index in [1.807, 2.05) is 0 Å². The first-order chi connectivity index (χ1) is 6.63. The normalized spacial score (nSPS) is 14.1. The van der Waals surface area contributed by atoms with Crippen molar-refractivity contribution in [3.05, 3.63) is 34.9 Å². The summed E-state index contributed by atoms with van der Waals surface area (Å²) >= 11 is 5.70. The quantitative estimate of drug-likeness (QED) is 0.461. The number of aliphatic hydroxyl groups is 1. The molecular weight excluding hydrogens is 202 g/mol. The lowest BCUT2D eigenvalue weighted by Crippen LogP contribution is -2.03. The number of aliphatic hydroxyl groups excluding tert-OH is 1. The molecule has 0 fully saturated rings. The summed E-state index contributed by atoms with van der Waals surface area (Å²) in [5.41, 5.74) is 1.25. The highest BCUT2D eigenvalue weighted by Crippen LogP contribution is 2.19. The molecule has 0 aliphatic carbocycles. The molecule has 0 bridgehead atoms. The van der Waals surface area contributed by atoms with Gasteiger partial charge in [0.25, 0.3) is 0 Å². The lowest BCUT2D eigenvalue weighted by Gasteiger charge is -2.09. The Morgan fingerprint density at radius 2 is 2.00 bits per heavy atom. The molecule has 14 heavy (non-hydrogen) atoms. The molecule has 0 aliphatic heterocycles. The molecule has 2 N–H and O–H groups in total. The van der Waals surface area contributed by atoms with Crippen LogP contribution in [0.3, 0.4) is 0 Å². The van der Waals surface area contributed by atoms with Crippen LogP contribution in [0.2, 0.25) is 5.02 Å². The minimum Gasteiger partial charge on any atom is -0.411 e. The summed E-state index contributed by atoms with van der Waals surface area (Å²) in [7, 11) is 0. The van der Waals surface area contributed by atoms with Gasteiger partial charge >= 0.3 is 0 Å². The van der Waals surface area contributed by atoms with E-state index in [-0.39, 0.29) is 0 Å². The summed E-state index contributed by atoms with van der Waals surface area (Å²) in [4.78, 5) is 0. The summed E-state index contributed by atoms with van der Waals surface area (Å²) < 4.78 is 0. The Bertz CT molecular complexity index is 321. The zero-order valence-electron chi connectivity index (χ0n) is 7.81. The molecule has 1 aromatic carbocycles. The molecule has 0 saturated heterocycles. The second-order valence-corrected chi connectivity index (χ2v) is 3.54. The van der Waals surface area contributed by atoms with Crippen LogP contribution >= 0.6 is 11.6 Å². The molecule has 0 radical (unpaired) electrons. The van der Waals surface area contributed by atoms with Crippen molar-refractivity contribution in [1.29, 1.82) is 0 Å². The van der Waals surface area contributed by atoms with Crippen LogP contribution in [0, 0.1) is 0 Å². The van der Waals surface area contributed by atoms with Crippen LogP contribution in [0.4, 0.5) is 0 Å². The smallest absolute Gasteiger partial charge is 0.0843 e. The Hall–Kier alpha value is -1.06. The van der Waals surface area contributed by atoms with Crippen LogP contribution in [-0.4, -0.2) is 16.0 Å². The maximum absolute atomic E-state index is 9.68. The number of oxime groups is 1. The van der Waals surface area contributed by atoms with Crippen LogP contribution in [0.15, 0.2) is 29.4 Å². The third-order valence-corrected chi connectivity index (χ3v) is 2.17. The van der Waals surface area contributed by atoms with Gasteiger partial charge in [-0.2, -0.15) is 0 Å². The zero-order chi connectivity index (χ0) is 10.6. The Kier molecular flexibility index (Phi) is 3.92. The zero-order valence-corrected chi connectivity index (χ0v) is 8.57. The Morgan fingerprint density at radius 1 is 1.43 bits per heavy atom. The summed E-state index contributed by atoms with van der Waals surface area (Å²) in [5, 5.41) is 21.7. The molecule has 76 valence electrons. The highest BCUT2D eigenvalue weighted by Gasteiger charge is 2.08. The topological polar surface area (TPSA) is 52.8 Å². The average molecular weight is 214 g/mol. The van der Waals surface area contributed by atoms with Gasteiger partial charge in [-0.3, -0.25) is 0 Å². The monoisotopic (exact) mass is 213 g/mol. The molecule has 0 aromatic heterocycles. The summed E-state index contributed by atoms with van der Waals surface area (Å²) in [6, 6.07) is 6.92. The Balaban J connectivity index is 2.70. The van der Waals surface area contributed by atoms with Crippen molar-refractivity contribution in [3.63, 3.8) is 0 Å². The van der Waals surface area contributed by atoms with E-state index in [0.717, 1.165) is 5.56 Å². The van der Waals surface area contributed by atoms with Crippen LogP contribution in [0.5, 0.6) is 0 Å². The molecule has 0 amide bonds. The molecule has 1 aromatic rings. The fourth-order valence-corrected chi connectivity index (χ4v) is 1.25.